The molecule has 0 aromatic carbocycles. The van der Waals surface area contributed by atoms with E-state index in [1.165, 1.54) is 51.4 Å². The maximum absolute atomic E-state index is 11.7. The molecule has 43 heavy (non-hydrogen) atoms. The lowest BCUT2D eigenvalue weighted by Gasteiger charge is -2.23. The highest BCUT2D eigenvalue weighted by atomic mass is 16.5. The Bertz CT molecular complexity index is 758. The number of aliphatic hydroxyl groups is 5. The Balaban J connectivity index is 1.46. The molecule has 0 aromatic heterocycles. The van der Waals surface area contributed by atoms with Gasteiger partial charge in [0.25, 0.3) is 0 Å². The minimum absolute atomic E-state index is 0.202. The zero-order chi connectivity index (χ0) is 31.5. The minimum Gasteiger partial charge on any atom is -0.455 e. The van der Waals surface area contributed by atoms with Gasteiger partial charge in [0.15, 0.2) is 0 Å². The van der Waals surface area contributed by atoms with Crippen LogP contribution in [0, 0.1) is 0 Å². The fraction of sp³-hybridized carbons (Fsp3) is 0.914. The molecule has 8 nitrogen and oxygen atoms in total. The smallest absolute Gasteiger partial charge is 0.334 e. The van der Waals surface area contributed by atoms with Crippen molar-refractivity contribution in [2.24, 2.45) is 0 Å². The van der Waals surface area contributed by atoms with Crippen molar-refractivity contribution in [3.05, 3.63) is 11.6 Å². The Kier molecular flexibility index (Phi) is 19.9. The largest absolute Gasteiger partial charge is 0.455 e. The van der Waals surface area contributed by atoms with E-state index in [4.69, 9.17) is 9.47 Å². The van der Waals surface area contributed by atoms with Gasteiger partial charge in [-0.05, 0) is 64.4 Å². The third kappa shape index (κ3) is 16.2. The Hall–Kier alpha value is -1.03. The lowest BCUT2D eigenvalue weighted by Crippen LogP contribution is -2.31. The topological polar surface area (TPSA) is 137 Å². The van der Waals surface area contributed by atoms with Crippen molar-refractivity contribution < 1.29 is 39.8 Å². The van der Waals surface area contributed by atoms with Gasteiger partial charge in [-0.25, -0.2) is 4.79 Å². The third-order valence-corrected chi connectivity index (χ3v) is 9.22. The van der Waals surface area contributed by atoms with E-state index < -0.39 is 30.5 Å². The number of rotatable bonds is 26. The van der Waals surface area contributed by atoms with Gasteiger partial charge in [0.05, 0.1) is 42.7 Å². The van der Waals surface area contributed by atoms with Gasteiger partial charge in [0.2, 0.25) is 0 Å². The number of carbonyl (C=O) groups is 1. The van der Waals surface area contributed by atoms with Crippen LogP contribution >= 0.6 is 0 Å². The van der Waals surface area contributed by atoms with Gasteiger partial charge in [0.1, 0.15) is 6.10 Å². The predicted octanol–water partition coefficient (Wildman–Crippen LogP) is 6.03. The van der Waals surface area contributed by atoms with Gasteiger partial charge in [-0.15, -0.1) is 0 Å². The van der Waals surface area contributed by atoms with E-state index in [0.717, 1.165) is 51.4 Å². The fourth-order valence-corrected chi connectivity index (χ4v) is 6.44. The fourth-order valence-electron chi connectivity index (χ4n) is 6.44. The zero-order valence-electron chi connectivity index (χ0n) is 27.2. The molecule has 1 saturated heterocycles. The second-order valence-corrected chi connectivity index (χ2v) is 13.3. The van der Waals surface area contributed by atoms with Crippen LogP contribution in [0.3, 0.4) is 0 Å². The lowest BCUT2D eigenvalue weighted by molar-refractivity contribution is -0.139. The van der Waals surface area contributed by atoms with Crippen molar-refractivity contribution in [2.45, 2.75) is 204 Å². The van der Waals surface area contributed by atoms with Crippen LogP contribution in [0.4, 0.5) is 0 Å². The van der Waals surface area contributed by atoms with Crippen LogP contribution < -0.4 is 0 Å². The van der Waals surface area contributed by atoms with E-state index in [1.807, 2.05) is 0 Å². The molecule has 1 fully saturated rings. The minimum atomic E-state index is -0.833. The molecule has 0 spiro atoms. The molecule has 2 aliphatic rings. The van der Waals surface area contributed by atoms with E-state index in [2.05, 4.69) is 6.92 Å². The van der Waals surface area contributed by atoms with Crippen LogP contribution in [-0.4, -0.2) is 80.3 Å². The highest BCUT2D eigenvalue weighted by Gasteiger charge is 2.34. The maximum Gasteiger partial charge on any atom is 0.334 e. The average molecular weight is 613 g/mol. The first-order chi connectivity index (χ1) is 20.7. The summed E-state index contributed by atoms with van der Waals surface area (Å²) in [5.74, 6) is -0.343. The molecule has 0 aliphatic carbocycles. The molecular formula is C35H64O8. The van der Waals surface area contributed by atoms with Gasteiger partial charge in [-0.2, -0.15) is 0 Å². The summed E-state index contributed by atoms with van der Waals surface area (Å²) in [6, 6.07) is 0. The SMILES string of the molecule is CCCCCCCCCCCC[C@@H](O)[C@@H]1CC[C@H]([C@@H](O)CCC[C@H](O)[C@H](O)CCCCC[C@H](O)CC2=C[C@H](C)OC2=O)O1. The van der Waals surface area contributed by atoms with Crippen LogP contribution in [-0.2, 0) is 14.3 Å². The molecule has 0 bridgehead atoms. The molecule has 0 aromatic rings. The molecule has 2 heterocycles. The van der Waals surface area contributed by atoms with Crippen molar-refractivity contribution >= 4 is 5.97 Å². The van der Waals surface area contributed by atoms with Crippen LogP contribution in [0.2, 0.25) is 0 Å². The van der Waals surface area contributed by atoms with Crippen molar-refractivity contribution in [1.29, 1.82) is 0 Å². The summed E-state index contributed by atoms with van der Waals surface area (Å²) in [5, 5.41) is 52.1. The van der Waals surface area contributed by atoms with Crippen LogP contribution in [0.25, 0.3) is 0 Å². The van der Waals surface area contributed by atoms with Crippen LogP contribution in [0.1, 0.15) is 155 Å². The molecule has 252 valence electrons. The molecule has 2 aliphatic heterocycles. The number of carbonyl (C=O) groups excluding carboxylic acids is 1. The second-order valence-electron chi connectivity index (χ2n) is 13.3. The second kappa shape index (κ2) is 22.5. The number of hydrogen-bond acceptors (Lipinski definition) is 8. The van der Waals surface area contributed by atoms with Gasteiger partial charge >= 0.3 is 5.97 Å². The van der Waals surface area contributed by atoms with Crippen molar-refractivity contribution in [3.63, 3.8) is 0 Å². The molecule has 8 atom stereocenters. The molecule has 5 N–H and O–H groups in total. The van der Waals surface area contributed by atoms with E-state index in [-0.39, 0.29) is 24.3 Å². The number of esters is 1. The number of cyclic esters (lactones) is 1. The first-order valence-electron chi connectivity index (χ1n) is 17.7. The highest BCUT2D eigenvalue weighted by molar-refractivity contribution is 5.90. The van der Waals surface area contributed by atoms with Gasteiger partial charge in [-0.3, -0.25) is 0 Å². The van der Waals surface area contributed by atoms with Crippen molar-refractivity contribution in [1.82, 2.24) is 0 Å². The first kappa shape index (κ1) is 38.2. The van der Waals surface area contributed by atoms with E-state index >= 15 is 0 Å². The Labute approximate surface area is 261 Å². The third-order valence-electron chi connectivity index (χ3n) is 9.22. The van der Waals surface area contributed by atoms with E-state index in [9.17, 15) is 30.3 Å². The van der Waals surface area contributed by atoms with E-state index in [1.54, 1.807) is 13.0 Å². The van der Waals surface area contributed by atoms with Gasteiger partial charge < -0.3 is 35.0 Å². The summed E-state index contributed by atoms with van der Waals surface area (Å²) >= 11 is 0. The normalized spacial score (nSPS) is 24.0. The van der Waals surface area contributed by atoms with E-state index in [0.29, 0.717) is 44.1 Å². The number of unbranched alkanes of at least 4 members (excludes halogenated alkanes) is 11. The maximum atomic E-state index is 11.7. The molecule has 0 saturated carbocycles. The van der Waals surface area contributed by atoms with Gasteiger partial charge in [0, 0.05) is 12.0 Å². The van der Waals surface area contributed by atoms with Gasteiger partial charge in [-0.1, -0.05) is 90.4 Å². The number of ether oxygens (including phenoxy) is 2. The quantitative estimate of drug-likeness (QED) is 0.0590. The average Bonchev–Trinajstić information content (AvgIpc) is 3.59. The van der Waals surface area contributed by atoms with Crippen LogP contribution in [0.15, 0.2) is 11.6 Å². The molecule has 0 unspecified atom stereocenters. The summed E-state index contributed by atoms with van der Waals surface area (Å²) < 4.78 is 11.1. The van der Waals surface area contributed by atoms with Crippen molar-refractivity contribution in [3.8, 4) is 0 Å². The molecule has 0 amide bonds. The molecule has 0 radical (unpaired) electrons. The Morgan fingerprint density at radius 1 is 0.674 bits per heavy atom. The zero-order valence-corrected chi connectivity index (χ0v) is 27.2. The number of hydrogen-bond donors (Lipinski definition) is 5. The Morgan fingerprint density at radius 3 is 1.70 bits per heavy atom. The van der Waals surface area contributed by atoms with Crippen molar-refractivity contribution in [2.75, 3.05) is 0 Å². The predicted molar refractivity (Wildman–Crippen MR) is 170 cm³/mol. The summed E-state index contributed by atoms with van der Waals surface area (Å²) in [6.45, 7) is 4.04. The summed E-state index contributed by atoms with van der Waals surface area (Å²) in [4.78, 5) is 11.7. The standard InChI is InChI=1S/C35H64O8/c1-3-4-5-6-7-8-9-10-11-14-19-31(39)33-22-23-34(43-33)32(40)21-16-20-30(38)29(37)18-15-12-13-17-28(36)25-27-24-26(2)42-35(27)41/h24,26,28-34,36-40H,3-23,25H2,1-2H3/t26-,28-,29+,30-,31+,32-,33-,34+/m0/s1. The highest BCUT2D eigenvalue weighted by Crippen LogP contribution is 2.28. The van der Waals surface area contributed by atoms with Crippen LogP contribution in [0.5, 0.6) is 0 Å². The summed E-state index contributed by atoms with van der Waals surface area (Å²) in [6.07, 6.45) is 17.9. The lowest BCUT2D eigenvalue weighted by atomic mass is 9.97. The Morgan fingerprint density at radius 2 is 1.14 bits per heavy atom. The first-order valence-corrected chi connectivity index (χ1v) is 17.7. The number of aliphatic hydroxyl groups excluding tert-OH is 5. The molecular weight excluding hydrogens is 548 g/mol. The summed E-state index contributed by atoms with van der Waals surface area (Å²) in [5.41, 5.74) is 0.542. The monoisotopic (exact) mass is 612 g/mol. The molecule has 8 heteroatoms. The summed E-state index contributed by atoms with van der Waals surface area (Å²) in [7, 11) is 0. The molecule has 2 rings (SSSR count).